The van der Waals surface area contributed by atoms with Crippen molar-refractivity contribution >= 4 is 17.4 Å². The molecule has 27 heavy (non-hydrogen) atoms. The summed E-state index contributed by atoms with van der Waals surface area (Å²) in [6, 6.07) is 10.5. The van der Waals surface area contributed by atoms with Crippen LogP contribution in [0.15, 0.2) is 55.1 Å². The second-order valence-electron chi connectivity index (χ2n) is 5.52. The molecule has 3 rings (SSSR count). The number of amides is 1. The van der Waals surface area contributed by atoms with Crippen molar-refractivity contribution < 1.29 is 14.3 Å². The summed E-state index contributed by atoms with van der Waals surface area (Å²) < 4.78 is 10.5. The molecule has 2 heterocycles. The van der Waals surface area contributed by atoms with E-state index in [0.717, 1.165) is 5.56 Å². The Labute approximate surface area is 156 Å². The van der Waals surface area contributed by atoms with E-state index in [1.165, 1.54) is 13.4 Å². The van der Waals surface area contributed by atoms with Gasteiger partial charge in [-0.2, -0.15) is 0 Å². The number of carbonyl (C=O) groups excluding carboxylic acids is 1. The average Bonchev–Trinajstić information content (AvgIpc) is 2.73. The number of anilines is 2. The van der Waals surface area contributed by atoms with Crippen molar-refractivity contribution in [2.24, 2.45) is 0 Å². The molecule has 1 aromatic carbocycles. The SMILES string of the molecule is COc1ccc(OC)c(NC(=O)c2cc(NCc3ccncc3)ncn2)c1. The molecule has 0 spiro atoms. The van der Waals surface area contributed by atoms with Crippen LogP contribution in [0.4, 0.5) is 11.5 Å². The molecule has 138 valence electrons. The van der Waals surface area contributed by atoms with Gasteiger partial charge in [-0.3, -0.25) is 9.78 Å². The predicted molar refractivity (Wildman–Crippen MR) is 101 cm³/mol. The number of methoxy groups -OCH3 is 2. The van der Waals surface area contributed by atoms with Gasteiger partial charge in [0.25, 0.3) is 5.91 Å². The number of aromatic nitrogens is 3. The number of hydrogen-bond donors (Lipinski definition) is 2. The van der Waals surface area contributed by atoms with Crippen LogP contribution in [-0.4, -0.2) is 35.1 Å². The molecule has 2 N–H and O–H groups in total. The molecule has 2 aromatic heterocycles. The number of benzene rings is 1. The van der Waals surface area contributed by atoms with Crippen molar-refractivity contribution in [3.63, 3.8) is 0 Å². The Morgan fingerprint density at radius 2 is 1.85 bits per heavy atom. The number of hydrogen-bond acceptors (Lipinski definition) is 7. The smallest absolute Gasteiger partial charge is 0.274 e. The molecule has 0 aliphatic heterocycles. The van der Waals surface area contributed by atoms with Gasteiger partial charge in [-0.05, 0) is 29.8 Å². The zero-order valence-corrected chi connectivity index (χ0v) is 15.0. The Hall–Kier alpha value is -3.68. The van der Waals surface area contributed by atoms with Crippen LogP contribution >= 0.6 is 0 Å². The number of rotatable bonds is 7. The number of nitrogens with one attached hydrogen (secondary N) is 2. The Bertz CT molecular complexity index is 918. The summed E-state index contributed by atoms with van der Waals surface area (Å²) in [5, 5.41) is 5.94. The Morgan fingerprint density at radius 3 is 2.59 bits per heavy atom. The summed E-state index contributed by atoms with van der Waals surface area (Å²) in [4.78, 5) is 24.7. The highest BCUT2D eigenvalue weighted by atomic mass is 16.5. The van der Waals surface area contributed by atoms with Crippen molar-refractivity contribution in [1.82, 2.24) is 15.0 Å². The van der Waals surface area contributed by atoms with Crippen LogP contribution < -0.4 is 20.1 Å². The lowest BCUT2D eigenvalue weighted by atomic mass is 10.2. The van der Waals surface area contributed by atoms with E-state index < -0.39 is 0 Å². The first-order valence-electron chi connectivity index (χ1n) is 8.18. The molecule has 0 aliphatic carbocycles. The molecule has 0 atom stereocenters. The molecule has 1 amide bonds. The zero-order chi connectivity index (χ0) is 19.1. The summed E-state index contributed by atoms with van der Waals surface area (Å²) >= 11 is 0. The number of ether oxygens (including phenoxy) is 2. The highest BCUT2D eigenvalue weighted by molar-refractivity contribution is 6.04. The van der Waals surface area contributed by atoms with Gasteiger partial charge in [0, 0.05) is 31.1 Å². The third-order valence-corrected chi connectivity index (χ3v) is 3.78. The topological polar surface area (TPSA) is 98.3 Å². The Morgan fingerprint density at radius 1 is 1.04 bits per heavy atom. The van der Waals surface area contributed by atoms with Crippen molar-refractivity contribution in [1.29, 1.82) is 0 Å². The van der Waals surface area contributed by atoms with E-state index in [0.29, 0.717) is 29.5 Å². The van der Waals surface area contributed by atoms with Crippen molar-refractivity contribution in [3.8, 4) is 11.5 Å². The summed E-state index contributed by atoms with van der Waals surface area (Å²) in [5.74, 6) is 1.29. The first kappa shape index (κ1) is 18.1. The maximum absolute atomic E-state index is 12.6. The summed E-state index contributed by atoms with van der Waals surface area (Å²) in [7, 11) is 3.09. The van der Waals surface area contributed by atoms with E-state index in [4.69, 9.17) is 9.47 Å². The normalized spacial score (nSPS) is 10.1. The second-order valence-corrected chi connectivity index (χ2v) is 5.52. The molecule has 0 aliphatic rings. The van der Waals surface area contributed by atoms with Gasteiger partial charge in [-0.25, -0.2) is 9.97 Å². The Balaban J connectivity index is 1.72. The highest BCUT2D eigenvalue weighted by Gasteiger charge is 2.13. The predicted octanol–water partition coefficient (Wildman–Crippen LogP) is 2.75. The molecular weight excluding hydrogens is 346 g/mol. The fourth-order valence-corrected chi connectivity index (χ4v) is 2.37. The van der Waals surface area contributed by atoms with Gasteiger partial charge in [-0.15, -0.1) is 0 Å². The quantitative estimate of drug-likeness (QED) is 0.664. The van der Waals surface area contributed by atoms with Gasteiger partial charge >= 0.3 is 0 Å². The van der Waals surface area contributed by atoms with Gasteiger partial charge in [0.2, 0.25) is 0 Å². The molecule has 0 saturated carbocycles. The third kappa shape index (κ3) is 4.69. The largest absolute Gasteiger partial charge is 0.497 e. The van der Waals surface area contributed by atoms with Gasteiger partial charge in [0.15, 0.2) is 0 Å². The highest BCUT2D eigenvalue weighted by Crippen LogP contribution is 2.29. The fraction of sp³-hybridized carbons (Fsp3) is 0.158. The first-order valence-corrected chi connectivity index (χ1v) is 8.18. The molecule has 0 radical (unpaired) electrons. The van der Waals surface area contributed by atoms with E-state index in [9.17, 15) is 4.79 Å². The molecule has 8 nitrogen and oxygen atoms in total. The van der Waals surface area contributed by atoms with Crippen LogP contribution in [-0.2, 0) is 6.54 Å². The van der Waals surface area contributed by atoms with E-state index in [1.807, 2.05) is 12.1 Å². The van der Waals surface area contributed by atoms with E-state index in [2.05, 4.69) is 25.6 Å². The maximum Gasteiger partial charge on any atom is 0.274 e. The van der Waals surface area contributed by atoms with Gasteiger partial charge in [-0.1, -0.05) is 0 Å². The van der Waals surface area contributed by atoms with Crippen molar-refractivity contribution in [3.05, 3.63) is 66.4 Å². The lowest BCUT2D eigenvalue weighted by Gasteiger charge is -2.12. The van der Waals surface area contributed by atoms with Crippen molar-refractivity contribution in [2.45, 2.75) is 6.54 Å². The average molecular weight is 365 g/mol. The minimum Gasteiger partial charge on any atom is -0.497 e. The van der Waals surface area contributed by atoms with Crippen LogP contribution in [0.1, 0.15) is 16.1 Å². The van der Waals surface area contributed by atoms with Gasteiger partial charge < -0.3 is 20.1 Å². The summed E-state index contributed by atoms with van der Waals surface area (Å²) in [6.07, 6.45) is 4.78. The molecule has 8 heteroatoms. The van der Waals surface area contributed by atoms with E-state index in [1.54, 1.807) is 43.8 Å². The monoisotopic (exact) mass is 365 g/mol. The number of carbonyl (C=O) groups is 1. The molecule has 0 saturated heterocycles. The van der Waals surface area contributed by atoms with E-state index in [-0.39, 0.29) is 11.6 Å². The van der Waals surface area contributed by atoms with Crippen LogP contribution in [0.3, 0.4) is 0 Å². The lowest BCUT2D eigenvalue weighted by molar-refractivity contribution is 0.102. The Kier molecular flexibility index (Phi) is 5.78. The van der Waals surface area contributed by atoms with E-state index >= 15 is 0 Å². The minimum absolute atomic E-state index is 0.229. The van der Waals surface area contributed by atoms with Gasteiger partial charge in [0.1, 0.15) is 29.3 Å². The summed E-state index contributed by atoms with van der Waals surface area (Å²) in [6.45, 7) is 0.560. The molecule has 3 aromatic rings. The van der Waals surface area contributed by atoms with Crippen molar-refractivity contribution in [2.75, 3.05) is 24.9 Å². The molecule has 0 fully saturated rings. The van der Waals surface area contributed by atoms with Crippen LogP contribution in [0.5, 0.6) is 11.5 Å². The fourth-order valence-electron chi connectivity index (χ4n) is 2.37. The number of pyridine rings is 1. The summed E-state index contributed by atoms with van der Waals surface area (Å²) in [5.41, 5.74) is 1.77. The molecular formula is C19H19N5O3. The minimum atomic E-state index is -0.379. The number of nitrogens with zero attached hydrogens (tertiary/aromatic N) is 3. The van der Waals surface area contributed by atoms with Gasteiger partial charge in [0.05, 0.1) is 19.9 Å². The van der Waals surface area contributed by atoms with Crippen LogP contribution in [0, 0.1) is 0 Å². The standard InChI is InChI=1S/C19H19N5O3/c1-26-14-3-4-17(27-2)15(9-14)24-19(25)16-10-18(23-12-22-16)21-11-13-5-7-20-8-6-13/h3-10,12H,11H2,1-2H3,(H,24,25)(H,21,22,23). The second kappa shape index (κ2) is 8.61. The molecule has 0 unspecified atom stereocenters. The first-order chi connectivity index (χ1) is 13.2. The third-order valence-electron chi connectivity index (χ3n) is 3.78. The zero-order valence-electron chi connectivity index (χ0n) is 15.0. The van der Waals surface area contributed by atoms with Crippen LogP contribution in [0.25, 0.3) is 0 Å². The maximum atomic E-state index is 12.6. The van der Waals surface area contributed by atoms with Crippen LogP contribution in [0.2, 0.25) is 0 Å². The molecule has 0 bridgehead atoms. The lowest BCUT2D eigenvalue weighted by Crippen LogP contribution is -2.15.